The molecule has 1 aliphatic heterocycles. The molecule has 0 aromatic heterocycles. The predicted molar refractivity (Wildman–Crippen MR) is 40.0 cm³/mol. The van der Waals surface area contributed by atoms with E-state index in [9.17, 15) is 9.59 Å². The van der Waals surface area contributed by atoms with Crippen LogP contribution >= 0.6 is 0 Å². The largest absolute Gasteiger partial charge is 0.479 e. The molecule has 0 saturated heterocycles. The van der Waals surface area contributed by atoms with Gasteiger partial charge >= 0.3 is 11.8 Å². The quantitative estimate of drug-likeness (QED) is 0.380. The summed E-state index contributed by atoms with van der Waals surface area (Å²) in [4.78, 5) is 25.0. The molecule has 0 fully saturated rings. The molecule has 0 bridgehead atoms. The Balaban J connectivity index is 2.96. The van der Waals surface area contributed by atoms with E-state index in [1.165, 1.54) is 17.0 Å². The van der Waals surface area contributed by atoms with Gasteiger partial charge in [0.05, 0.1) is 6.21 Å². The number of carbonyl (C=O) groups is 2. The minimum absolute atomic E-state index is 0.0122. The Kier molecular flexibility index (Phi) is 1.94. The molecule has 0 N–H and O–H groups in total. The van der Waals surface area contributed by atoms with Crippen molar-refractivity contribution in [2.24, 2.45) is 4.99 Å². The van der Waals surface area contributed by atoms with E-state index in [1.54, 1.807) is 0 Å². The van der Waals surface area contributed by atoms with Gasteiger partial charge in [-0.25, -0.2) is 9.79 Å². The summed E-state index contributed by atoms with van der Waals surface area (Å²) in [5.41, 5.74) is 0. The average molecular weight is 153 g/mol. The number of rotatable bonds is 1. The van der Waals surface area contributed by atoms with Crippen LogP contribution in [0.15, 0.2) is 4.99 Å². The van der Waals surface area contributed by atoms with E-state index in [0.717, 1.165) is 0 Å². The fourth-order valence-electron chi connectivity index (χ4n) is 0.813. The topological polar surface area (TPSA) is 49.5 Å². The van der Waals surface area contributed by atoms with Crippen molar-refractivity contribution in [3.63, 3.8) is 0 Å². The lowest BCUT2D eigenvalue weighted by atomic mass is 10.3. The van der Waals surface area contributed by atoms with Gasteiger partial charge in [-0.1, -0.05) is 0 Å². The Labute approximate surface area is 64.2 Å². The molecular formula is C7H9N2O2+. The summed E-state index contributed by atoms with van der Waals surface area (Å²) in [6.45, 7) is 3.67. The van der Waals surface area contributed by atoms with Crippen molar-refractivity contribution in [3.8, 4) is 0 Å². The van der Waals surface area contributed by atoms with Crippen molar-refractivity contribution >= 4 is 24.2 Å². The van der Waals surface area contributed by atoms with Gasteiger partial charge in [0.15, 0.2) is 12.3 Å². The minimum Gasteiger partial charge on any atom is -0.255 e. The molecule has 0 saturated carbocycles. The van der Waals surface area contributed by atoms with Crippen LogP contribution in [-0.2, 0) is 9.59 Å². The molecule has 0 radical (unpaired) electrons. The summed E-state index contributed by atoms with van der Waals surface area (Å²) in [5, 5.41) is 0. The van der Waals surface area contributed by atoms with Crippen molar-refractivity contribution in [3.05, 3.63) is 0 Å². The van der Waals surface area contributed by atoms with E-state index >= 15 is 0 Å². The summed E-state index contributed by atoms with van der Waals surface area (Å²) >= 11 is 0. The molecule has 0 atom stereocenters. The molecule has 1 aliphatic rings. The Hall–Kier alpha value is -1.32. The molecule has 11 heavy (non-hydrogen) atoms. The van der Waals surface area contributed by atoms with Crippen LogP contribution in [0.5, 0.6) is 0 Å². The maximum absolute atomic E-state index is 11.0. The first kappa shape index (κ1) is 7.78. The fourth-order valence-corrected chi connectivity index (χ4v) is 0.813. The van der Waals surface area contributed by atoms with Crippen LogP contribution in [0.3, 0.4) is 0 Å². The van der Waals surface area contributed by atoms with Gasteiger partial charge in [-0.2, -0.15) is 4.58 Å². The third kappa shape index (κ3) is 1.39. The van der Waals surface area contributed by atoms with E-state index in [0.29, 0.717) is 0 Å². The van der Waals surface area contributed by atoms with Gasteiger partial charge in [0.1, 0.15) is 0 Å². The van der Waals surface area contributed by atoms with Gasteiger partial charge in [0.2, 0.25) is 0 Å². The number of nitrogens with zero attached hydrogens (tertiary/aromatic N) is 2. The molecule has 0 spiro atoms. The van der Waals surface area contributed by atoms with Crippen LogP contribution in [0, 0.1) is 0 Å². The highest BCUT2D eigenvalue weighted by Crippen LogP contribution is 1.93. The lowest BCUT2D eigenvalue weighted by Crippen LogP contribution is -2.36. The van der Waals surface area contributed by atoms with Crippen LogP contribution in [0.2, 0.25) is 0 Å². The number of hydrogen-bond donors (Lipinski definition) is 0. The van der Waals surface area contributed by atoms with Crippen molar-refractivity contribution in [1.82, 2.24) is 0 Å². The summed E-state index contributed by atoms with van der Waals surface area (Å²) in [5.74, 6) is -1.25. The van der Waals surface area contributed by atoms with Crippen LogP contribution in [0.4, 0.5) is 0 Å². The standard InChI is InChI=1S/C7H9N2O2/c1-5(2)9-4-3-8-6(10)7(9)11/h3-5H,1-2H3/q+1. The van der Waals surface area contributed by atoms with Crippen molar-refractivity contribution in [1.29, 1.82) is 0 Å². The highest BCUT2D eigenvalue weighted by atomic mass is 16.2. The molecule has 4 heteroatoms. The van der Waals surface area contributed by atoms with Crippen LogP contribution in [0.1, 0.15) is 13.8 Å². The smallest absolute Gasteiger partial charge is 0.255 e. The predicted octanol–water partition coefficient (Wildman–Crippen LogP) is -0.384. The molecule has 0 aromatic rings. The zero-order valence-corrected chi connectivity index (χ0v) is 6.44. The molecule has 58 valence electrons. The van der Waals surface area contributed by atoms with Gasteiger partial charge in [-0.05, 0) is 13.8 Å². The van der Waals surface area contributed by atoms with Gasteiger partial charge in [-0.3, -0.25) is 4.79 Å². The monoisotopic (exact) mass is 153 g/mol. The fraction of sp³-hybridized carbons (Fsp3) is 0.429. The van der Waals surface area contributed by atoms with E-state index in [-0.39, 0.29) is 6.04 Å². The molecule has 1 rings (SSSR count). The SMILES string of the molecule is CC(C)[N+]1=CC=NC(=O)C1=O. The summed E-state index contributed by atoms with van der Waals surface area (Å²) < 4.78 is 1.36. The first-order valence-electron chi connectivity index (χ1n) is 3.37. The second-order valence-corrected chi connectivity index (χ2v) is 2.54. The highest BCUT2D eigenvalue weighted by Gasteiger charge is 2.30. The first-order chi connectivity index (χ1) is 5.13. The Bertz CT molecular complexity index is 264. The van der Waals surface area contributed by atoms with Gasteiger partial charge in [0.25, 0.3) is 0 Å². The molecular weight excluding hydrogens is 144 g/mol. The number of amides is 2. The molecule has 0 aliphatic carbocycles. The lowest BCUT2D eigenvalue weighted by molar-refractivity contribution is -0.469. The third-order valence-corrected chi connectivity index (χ3v) is 1.39. The Morgan fingerprint density at radius 3 is 2.55 bits per heavy atom. The second kappa shape index (κ2) is 2.74. The molecule has 2 amide bonds. The van der Waals surface area contributed by atoms with Crippen LogP contribution in [0.25, 0.3) is 0 Å². The zero-order valence-electron chi connectivity index (χ0n) is 6.44. The van der Waals surface area contributed by atoms with Crippen LogP contribution < -0.4 is 0 Å². The first-order valence-corrected chi connectivity index (χ1v) is 3.37. The van der Waals surface area contributed by atoms with Gasteiger partial charge < -0.3 is 0 Å². The van der Waals surface area contributed by atoms with Gasteiger partial charge in [0, 0.05) is 0 Å². The molecule has 0 unspecified atom stereocenters. The third-order valence-electron chi connectivity index (χ3n) is 1.39. The highest BCUT2D eigenvalue weighted by molar-refractivity contribution is 6.39. The number of hydrogen-bond acceptors (Lipinski definition) is 2. The maximum atomic E-state index is 11.0. The van der Waals surface area contributed by atoms with Crippen molar-refractivity contribution < 1.29 is 14.2 Å². The summed E-state index contributed by atoms with van der Waals surface area (Å²) in [6, 6.07) is 0.0122. The van der Waals surface area contributed by atoms with Gasteiger partial charge in [-0.15, -0.1) is 0 Å². The van der Waals surface area contributed by atoms with Crippen molar-refractivity contribution in [2.75, 3.05) is 0 Å². The van der Waals surface area contributed by atoms with E-state index in [4.69, 9.17) is 0 Å². The average Bonchev–Trinajstić information content (AvgIpc) is 1.94. The number of carbonyl (C=O) groups excluding carboxylic acids is 2. The summed E-state index contributed by atoms with van der Waals surface area (Å²) in [7, 11) is 0. The minimum atomic E-state index is -0.693. The van der Waals surface area contributed by atoms with Crippen LogP contribution in [-0.4, -0.2) is 34.9 Å². The Morgan fingerprint density at radius 1 is 1.45 bits per heavy atom. The second-order valence-electron chi connectivity index (χ2n) is 2.54. The Morgan fingerprint density at radius 2 is 2.09 bits per heavy atom. The molecule has 4 nitrogen and oxygen atoms in total. The molecule has 1 heterocycles. The zero-order chi connectivity index (χ0) is 8.43. The van der Waals surface area contributed by atoms with E-state index in [1.807, 2.05) is 13.8 Å². The summed E-state index contributed by atoms with van der Waals surface area (Å²) in [6.07, 6.45) is 2.85. The number of aliphatic imine (C=N–C) groups is 1. The van der Waals surface area contributed by atoms with E-state index in [2.05, 4.69) is 4.99 Å². The molecule has 0 aromatic carbocycles. The normalized spacial score (nSPS) is 17.5. The van der Waals surface area contributed by atoms with Crippen molar-refractivity contribution in [2.45, 2.75) is 19.9 Å². The van der Waals surface area contributed by atoms with E-state index < -0.39 is 11.8 Å². The maximum Gasteiger partial charge on any atom is 0.479 e. The lowest BCUT2D eigenvalue weighted by Gasteiger charge is -2.02.